The molecule has 1 atom stereocenters. The molecule has 0 radical (unpaired) electrons. The van der Waals surface area contributed by atoms with E-state index in [1.807, 2.05) is 13.1 Å². The molecule has 3 rings (SSSR count). The predicted octanol–water partition coefficient (Wildman–Crippen LogP) is 4.19. The van der Waals surface area contributed by atoms with Crippen molar-refractivity contribution in [2.45, 2.75) is 45.6 Å². The summed E-state index contributed by atoms with van der Waals surface area (Å²) in [7, 11) is 3.55. The summed E-state index contributed by atoms with van der Waals surface area (Å²) >= 11 is 1.80. The van der Waals surface area contributed by atoms with E-state index in [2.05, 4.69) is 52.6 Å². The molecule has 2 N–H and O–H groups in total. The van der Waals surface area contributed by atoms with Crippen LogP contribution in [-0.4, -0.2) is 56.2 Å². The topological polar surface area (TPSA) is 61.8 Å². The summed E-state index contributed by atoms with van der Waals surface area (Å²) in [5.74, 6) is 1.75. The zero-order valence-electron chi connectivity index (χ0n) is 19.1. The van der Waals surface area contributed by atoms with Gasteiger partial charge in [0.25, 0.3) is 0 Å². The maximum absolute atomic E-state index is 5.45. The van der Waals surface area contributed by atoms with Crippen molar-refractivity contribution in [1.82, 2.24) is 20.5 Å². The SMILES string of the molecule is CCc1nc(CCNC(=NC)NCC(c2cccc(OC)c2)N2CCCC2)sc1C.I. The van der Waals surface area contributed by atoms with Crippen LogP contribution < -0.4 is 15.4 Å². The molecule has 6 nitrogen and oxygen atoms in total. The summed E-state index contributed by atoms with van der Waals surface area (Å²) in [4.78, 5) is 13.0. The number of guanidine groups is 1. The first-order valence-corrected chi connectivity index (χ1v) is 11.7. The molecule has 172 valence electrons. The minimum Gasteiger partial charge on any atom is -0.497 e. The number of aryl methyl sites for hydroxylation is 2. The summed E-state index contributed by atoms with van der Waals surface area (Å²) in [6.07, 6.45) is 4.44. The summed E-state index contributed by atoms with van der Waals surface area (Å²) in [5, 5.41) is 8.18. The van der Waals surface area contributed by atoms with Gasteiger partial charge < -0.3 is 15.4 Å². The first-order chi connectivity index (χ1) is 14.6. The van der Waals surface area contributed by atoms with E-state index >= 15 is 0 Å². The zero-order valence-corrected chi connectivity index (χ0v) is 22.3. The van der Waals surface area contributed by atoms with Crippen molar-refractivity contribution < 1.29 is 4.74 Å². The second-order valence-electron chi connectivity index (χ2n) is 7.63. The third kappa shape index (κ3) is 7.32. The second-order valence-corrected chi connectivity index (χ2v) is 8.92. The van der Waals surface area contributed by atoms with Crippen LogP contribution in [0.1, 0.15) is 46.9 Å². The van der Waals surface area contributed by atoms with Crippen molar-refractivity contribution in [3.8, 4) is 5.75 Å². The third-order valence-corrected chi connectivity index (χ3v) is 6.72. The molecule has 0 bridgehead atoms. The molecule has 1 unspecified atom stereocenters. The number of aliphatic imine (C=N–C) groups is 1. The summed E-state index contributed by atoms with van der Waals surface area (Å²) in [5.41, 5.74) is 2.51. The molecule has 31 heavy (non-hydrogen) atoms. The molecular weight excluding hydrogens is 521 g/mol. The Bertz CT molecular complexity index is 835. The van der Waals surface area contributed by atoms with Crippen LogP contribution >= 0.6 is 35.3 Å². The van der Waals surface area contributed by atoms with E-state index in [1.165, 1.54) is 34.0 Å². The van der Waals surface area contributed by atoms with Gasteiger partial charge in [-0.2, -0.15) is 0 Å². The number of likely N-dealkylation sites (tertiary alicyclic amines) is 1. The average Bonchev–Trinajstić information content (AvgIpc) is 3.42. The van der Waals surface area contributed by atoms with Gasteiger partial charge in [0, 0.05) is 31.4 Å². The number of hydrogen-bond donors (Lipinski definition) is 2. The van der Waals surface area contributed by atoms with E-state index in [0.29, 0.717) is 6.04 Å². The van der Waals surface area contributed by atoms with Crippen molar-refractivity contribution in [3.63, 3.8) is 0 Å². The molecule has 1 aromatic carbocycles. The van der Waals surface area contributed by atoms with Gasteiger partial charge in [-0.25, -0.2) is 4.98 Å². The molecule has 2 aromatic rings. The number of methoxy groups -OCH3 is 1. The molecule has 0 saturated carbocycles. The summed E-state index contributed by atoms with van der Waals surface area (Å²) < 4.78 is 5.45. The first kappa shape index (κ1) is 25.9. The van der Waals surface area contributed by atoms with Crippen LogP contribution in [-0.2, 0) is 12.8 Å². The number of nitrogens with one attached hydrogen (secondary N) is 2. The van der Waals surface area contributed by atoms with Crippen LogP contribution in [0.4, 0.5) is 0 Å². The highest BCUT2D eigenvalue weighted by molar-refractivity contribution is 14.0. The molecule has 1 aliphatic rings. The standard InChI is InChI=1S/C23H35N5OS.HI/c1-5-20-17(2)30-22(27-20)11-12-25-23(24-3)26-16-21(28-13-6-7-14-28)18-9-8-10-19(15-18)29-4;/h8-10,15,21H,5-7,11-14,16H2,1-4H3,(H2,24,25,26);1H. The van der Waals surface area contributed by atoms with Gasteiger partial charge in [-0.05, 0) is 57.0 Å². The van der Waals surface area contributed by atoms with Gasteiger partial charge in [0.1, 0.15) is 5.75 Å². The lowest BCUT2D eigenvalue weighted by atomic mass is 10.1. The van der Waals surface area contributed by atoms with Crippen LogP contribution in [0, 0.1) is 6.92 Å². The lowest BCUT2D eigenvalue weighted by Gasteiger charge is -2.29. The third-order valence-electron chi connectivity index (χ3n) is 5.65. The summed E-state index contributed by atoms with van der Waals surface area (Å²) in [6.45, 7) is 8.23. The Morgan fingerprint density at radius 3 is 2.71 bits per heavy atom. The Balaban J connectivity index is 0.00000341. The fraction of sp³-hybridized carbons (Fsp3) is 0.565. The largest absolute Gasteiger partial charge is 0.497 e. The van der Waals surface area contributed by atoms with Gasteiger partial charge in [-0.3, -0.25) is 9.89 Å². The fourth-order valence-corrected chi connectivity index (χ4v) is 5.01. The Labute approximate surface area is 207 Å². The molecule has 1 aliphatic heterocycles. The molecule has 2 heterocycles. The number of rotatable bonds is 9. The van der Waals surface area contributed by atoms with Gasteiger partial charge in [-0.15, -0.1) is 35.3 Å². The van der Waals surface area contributed by atoms with Crippen LogP contribution in [0.15, 0.2) is 29.3 Å². The van der Waals surface area contributed by atoms with Gasteiger partial charge in [0.15, 0.2) is 5.96 Å². The average molecular weight is 558 g/mol. The van der Waals surface area contributed by atoms with Crippen LogP contribution in [0.2, 0.25) is 0 Å². The Kier molecular flexibility index (Phi) is 11.0. The van der Waals surface area contributed by atoms with Crippen molar-refractivity contribution in [1.29, 1.82) is 0 Å². The van der Waals surface area contributed by atoms with Gasteiger partial charge >= 0.3 is 0 Å². The van der Waals surface area contributed by atoms with Gasteiger partial charge in [-0.1, -0.05) is 19.1 Å². The van der Waals surface area contributed by atoms with Gasteiger partial charge in [0.05, 0.1) is 23.9 Å². The number of aromatic nitrogens is 1. The van der Waals surface area contributed by atoms with E-state index in [0.717, 1.165) is 50.7 Å². The van der Waals surface area contributed by atoms with Crippen molar-refractivity contribution >= 4 is 41.3 Å². The molecule has 8 heteroatoms. The maximum atomic E-state index is 5.45. The molecular formula is C23H36IN5OS. The van der Waals surface area contributed by atoms with E-state index in [9.17, 15) is 0 Å². The molecule has 0 amide bonds. The highest BCUT2D eigenvalue weighted by atomic mass is 127. The molecule has 0 spiro atoms. The van der Waals surface area contributed by atoms with Crippen LogP contribution in [0.3, 0.4) is 0 Å². The molecule has 0 aliphatic carbocycles. The number of halogens is 1. The maximum Gasteiger partial charge on any atom is 0.191 e. The Morgan fingerprint density at radius 2 is 2.06 bits per heavy atom. The van der Waals surface area contributed by atoms with Crippen molar-refractivity contribution in [2.75, 3.05) is 40.3 Å². The Morgan fingerprint density at radius 1 is 1.29 bits per heavy atom. The molecule has 1 saturated heterocycles. The summed E-state index contributed by atoms with van der Waals surface area (Å²) in [6, 6.07) is 8.72. The second kappa shape index (κ2) is 13.2. The van der Waals surface area contributed by atoms with Gasteiger partial charge in [0.2, 0.25) is 0 Å². The quantitative estimate of drug-likeness (QED) is 0.275. The highest BCUT2D eigenvalue weighted by Gasteiger charge is 2.24. The van der Waals surface area contributed by atoms with Crippen LogP contribution in [0.25, 0.3) is 0 Å². The van der Waals surface area contributed by atoms with E-state index in [1.54, 1.807) is 18.4 Å². The predicted molar refractivity (Wildman–Crippen MR) is 141 cm³/mol. The molecule has 1 fully saturated rings. The first-order valence-electron chi connectivity index (χ1n) is 10.9. The van der Waals surface area contributed by atoms with E-state index < -0.39 is 0 Å². The lowest BCUT2D eigenvalue weighted by Crippen LogP contribution is -2.43. The smallest absolute Gasteiger partial charge is 0.191 e. The Hall–Kier alpha value is -1.39. The number of thiazole rings is 1. The number of hydrogen-bond acceptors (Lipinski definition) is 5. The highest BCUT2D eigenvalue weighted by Crippen LogP contribution is 2.27. The van der Waals surface area contributed by atoms with Crippen molar-refractivity contribution in [2.24, 2.45) is 4.99 Å². The van der Waals surface area contributed by atoms with Crippen molar-refractivity contribution in [3.05, 3.63) is 45.4 Å². The van der Waals surface area contributed by atoms with E-state index in [4.69, 9.17) is 9.72 Å². The number of ether oxygens (including phenoxy) is 1. The monoisotopic (exact) mass is 557 g/mol. The minimum absolute atomic E-state index is 0. The normalized spacial score (nSPS) is 15.4. The zero-order chi connectivity index (χ0) is 21.3. The van der Waals surface area contributed by atoms with E-state index in [-0.39, 0.29) is 24.0 Å². The van der Waals surface area contributed by atoms with Crippen LogP contribution in [0.5, 0.6) is 5.75 Å². The lowest BCUT2D eigenvalue weighted by molar-refractivity contribution is 0.245. The molecule has 1 aromatic heterocycles. The number of benzene rings is 1. The minimum atomic E-state index is 0. The fourth-order valence-electron chi connectivity index (χ4n) is 3.98. The number of nitrogens with zero attached hydrogens (tertiary/aromatic N) is 3.